The number of ether oxygens (including phenoxy) is 2. The van der Waals surface area contributed by atoms with E-state index >= 15 is 0 Å². The second kappa shape index (κ2) is 10.6. The van der Waals surface area contributed by atoms with Crippen LogP contribution in [0.1, 0.15) is 16.8 Å². The predicted molar refractivity (Wildman–Crippen MR) is 122 cm³/mol. The Labute approximate surface area is 183 Å². The Morgan fingerprint density at radius 3 is 2.55 bits per heavy atom. The van der Waals surface area contributed by atoms with Gasteiger partial charge in [0.1, 0.15) is 0 Å². The second-order valence-corrected chi connectivity index (χ2v) is 7.39. The molecule has 7 nitrogen and oxygen atoms in total. The number of methoxy groups -OCH3 is 1. The molecule has 1 fully saturated rings. The van der Waals surface area contributed by atoms with Crippen molar-refractivity contribution in [2.75, 3.05) is 39.8 Å². The Bertz CT molecular complexity index is 950. The van der Waals surface area contributed by atoms with Crippen molar-refractivity contribution in [1.82, 2.24) is 14.8 Å². The van der Waals surface area contributed by atoms with Crippen molar-refractivity contribution in [2.24, 2.45) is 5.16 Å². The first-order valence-electron chi connectivity index (χ1n) is 10.3. The molecule has 0 unspecified atom stereocenters. The van der Waals surface area contributed by atoms with Gasteiger partial charge in [-0.1, -0.05) is 23.4 Å². The fraction of sp³-hybridized carbons (Fsp3) is 0.333. The number of benzene rings is 1. The van der Waals surface area contributed by atoms with Crippen LogP contribution in [-0.2, 0) is 6.42 Å². The maximum atomic E-state index is 9.86. The van der Waals surface area contributed by atoms with Crippen LogP contribution in [-0.4, -0.2) is 65.7 Å². The number of amidine groups is 1. The third-order valence-corrected chi connectivity index (χ3v) is 5.21. The molecule has 0 radical (unpaired) electrons. The minimum absolute atomic E-state index is 0.371. The Morgan fingerprint density at radius 1 is 1.13 bits per heavy atom. The summed E-state index contributed by atoms with van der Waals surface area (Å²) < 4.78 is 11.7. The molecule has 1 N–H and O–H groups in total. The van der Waals surface area contributed by atoms with E-state index in [1.54, 1.807) is 7.11 Å². The first-order valence-corrected chi connectivity index (χ1v) is 10.3. The predicted octanol–water partition coefficient (Wildman–Crippen LogP) is 3.86. The molecule has 31 heavy (non-hydrogen) atoms. The minimum atomic E-state index is 0.371. The molecule has 1 aliphatic heterocycles. The zero-order valence-electron chi connectivity index (χ0n) is 18.3. The van der Waals surface area contributed by atoms with Gasteiger partial charge in [0.2, 0.25) is 5.88 Å². The molecular formula is C24H30N4O3. The highest BCUT2D eigenvalue weighted by Gasteiger charge is 2.24. The standard InChI is InChI=1S/C24H30N4O3/c1-5-7-19-9-11-21(22(17-19)30-4)31-24-20(10-8-18(3)25-24)23(26-29)28-15-13-27(12-6-2)14-16-28/h5-6,8-11,17,29H,1-2,7,12-16H2,3-4H3/b26-23-. The molecule has 1 saturated heterocycles. The monoisotopic (exact) mass is 422 g/mol. The fourth-order valence-corrected chi connectivity index (χ4v) is 3.59. The first kappa shape index (κ1) is 22.4. The molecule has 1 aliphatic rings. The van der Waals surface area contributed by atoms with Crippen molar-refractivity contribution in [2.45, 2.75) is 13.3 Å². The van der Waals surface area contributed by atoms with Crippen LogP contribution in [0.5, 0.6) is 17.4 Å². The molecule has 2 heterocycles. The molecule has 3 rings (SSSR count). The van der Waals surface area contributed by atoms with Gasteiger partial charge in [-0.15, -0.1) is 13.2 Å². The number of hydrogen-bond donors (Lipinski definition) is 1. The van der Waals surface area contributed by atoms with Crippen molar-refractivity contribution < 1.29 is 14.7 Å². The molecule has 0 saturated carbocycles. The van der Waals surface area contributed by atoms with Gasteiger partial charge in [0, 0.05) is 38.4 Å². The summed E-state index contributed by atoms with van der Waals surface area (Å²) >= 11 is 0. The molecule has 1 aromatic carbocycles. The largest absolute Gasteiger partial charge is 0.493 e. The number of allylic oxidation sites excluding steroid dienone is 1. The summed E-state index contributed by atoms with van der Waals surface area (Å²) in [6.45, 7) is 13.5. The van der Waals surface area contributed by atoms with Crippen LogP contribution in [0, 0.1) is 6.92 Å². The van der Waals surface area contributed by atoms with Crippen LogP contribution in [0.2, 0.25) is 0 Å². The molecule has 0 bridgehead atoms. The normalized spacial score (nSPS) is 14.9. The molecule has 2 aromatic rings. The lowest BCUT2D eigenvalue weighted by molar-refractivity contribution is 0.192. The summed E-state index contributed by atoms with van der Waals surface area (Å²) in [7, 11) is 1.60. The van der Waals surface area contributed by atoms with E-state index in [9.17, 15) is 5.21 Å². The quantitative estimate of drug-likeness (QED) is 0.229. The van der Waals surface area contributed by atoms with Gasteiger partial charge < -0.3 is 19.6 Å². The van der Waals surface area contributed by atoms with Crippen molar-refractivity contribution in [3.05, 3.63) is 72.5 Å². The van der Waals surface area contributed by atoms with E-state index < -0.39 is 0 Å². The van der Waals surface area contributed by atoms with E-state index in [-0.39, 0.29) is 0 Å². The molecule has 164 valence electrons. The summed E-state index contributed by atoms with van der Waals surface area (Å²) in [6, 6.07) is 9.50. The summed E-state index contributed by atoms with van der Waals surface area (Å²) in [5, 5.41) is 13.5. The Hall–Kier alpha value is -3.32. The summed E-state index contributed by atoms with van der Waals surface area (Å²) in [4.78, 5) is 8.92. The van der Waals surface area contributed by atoms with Gasteiger partial charge >= 0.3 is 0 Å². The van der Waals surface area contributed by atoms with E-state index in [0.29, 0.717) is 28.8 Å². The summed E-state index contributed by atoms with van der Waals surface area (Å²) in [5.41, 5.74) is 2.50. The zero-order valence-corrected chi connectivity index (χ0v) is 18.3. The van der Waals surface area contributed by atoms with Crippen LogP contribution < -0.4 is 9.47 Å². The molecule has 0 amide bonds. The minimum Gasteiger partial charge on any atom is -0.493 e. The topological polar surface area (TPSA) is 70.4 Å². The van der Waals surface area contributed by atoms with Gasteiger partial charge in [-0.2, -0.15) is 0 Å². The van der Waals surface area contributed by atoms with E-state index in [1.807, 2.05) is 54.3 Å². The Balaban J connectivity index is 1.89. The first-order chi connectivity index (χ1) is 15.1. The summed E-state index contributed by atoms with van der Waals surface area (Å²) in [6.07, 6.45) is 4.48. The second-order valence-electron chi connectivity index (χ2n) is 7.39. The van der Waals surface area contributed by atoms with Crippen LogP contribution >= 0.6 is 0 Å². The third-order valence-electron chi connectivity index (χ3n) is 5.21. The molecular weight excluding hydrogens is 392 g/mol. The smallest absolute Gasteiger partial charge is 0.230 e. The van der Waals surface area contributed by atoms with Gasteiger partial charge in [-0.05, 0) is 43.2 Å². The maximum Gasteiger partial charge on any atom is 0.230 e. The number of piperazine rings is 1. The average molecular weight is 423 g/mol. The highest BCUT2D eigenvalue weighted by atomic mass is 16.5. The van der Waals surface area contributed by atoms with Crippen LogP contribution in [0.25, 0.3) is 0 Å². The lowest BCUT2D eigenvalue weighted by Gasteiger charge is -2.35. The van der Waals surface area contributed by atoms with E-state index in [2.05, 4.69) is 28.2 Å². The van der Waals surface area contributed by atoms with Crippen molar-refractivity contribution in [3.63, 3.8) is 0 Å². The molecule has 7 heteroatoms. The number of oxime groups is 1. The van der Waals surface area contributed by atoms with Crippen molar-refractivity contribution >= 4 is 5.84 Å². The molecule has 1 aromatic heterocycles. The van der Waals surface area contributed by atoms with Crippen LogP contribution in [0.3, 0.4) is 0 Å². The lowest BCUT2D eigenvalue weighted by atomic mass is 10.1. The number of nitrogens with zero attached hydrogens (tertiary/aromatic N) is 4. The number of rotatable bonds is 8. The SMILES string of the molecule is C=CCc1ccc(Oc2nc(C)ccc2/C(=N/O)N2CCN(CC=C)CC2)c(OC)c1. The number of hydrogen-bond acceptors (Lipinski definition) is 6. The zero-order chi connectivity index (χ0) is 22.2. The molecule has 0 aliphatic carbocycles. The van der Waals surface area contributed by atoms with Crippen molar-refractivity contribution in [3.8, 4) is 17.4 Å². The highest BCUT2D eigenvalue weighted by molar-refractivity contribution is 6.00. The average Bonchev–Trinajstić information content (AvgIpc) is 2.78. The van der Waals surface area contributed by atoms with Gasteiger partial charge in [-0.25, -0.2) is 4.98 Å². The molecule has 0 atom stereocenters. The van der Waals surface area contributed by atoms with Gasteiger partial charge in [0.15, 0.2) is 17.3 Å². The van der Waals surface area contributed by atoms with Gasteiger partial charge in [0.25, 0.3) is 0 Å². The highest BCUT2D eigenvalue weighted by Crippen LogP contribution is 2.34. The number of aromatic nitrogens is 1. The lowest BCUT2D eigenvalue weighted by Crippen LogP contribution is -2.49. The van der Waals surface area contributed by atoms with E-state index in [0.717, 1.165) is 50.4 Å². The van der Waals surface area contributed by atoms with E-state index in [4.69, 9.17) is 9.47 Å². The van der Waals surface area contributed by atoms with Gasteiger partial charge in [-0.3, -0.25) is 4.90 Å². The fourth-order valence-electron chi connectivity index (χ4n) is 3.59. The summed E-state index contributed by atoms with van der Waals surface area (Å²) in [5.74, 6) is 1.97. The van der Waals surface area contributed by atoms with Crippen LogP contribution in [0.4, 0.5) is 0 Å². The van der Waals surface area contributed by atoms with Crippen molar-refractivity contribution in [1.29, 1.82) is 0 Å². The maximum absolute atomic E-state index is 9.86. The van der Waals surface area contributed by atoms with Crippen LogP contribution in [0.15, 0.2) is 60.8 Å². The van der Waals surface area contributed by atoms with Gasteiger partial charge in [0.05, 0.1) is 12.7 Å². The number of pyridine rings is 1. The Kier molecular flexibility index (Phi) is 7.67. The van der Waals surface area contributed by atoms with E-state index in [1.165, 1.54) is 0 Å². The molecule has 0 spiro atoms. The third kappa shape index (κ3) is 5.44. The number of aryl methyl sites for hydroxylation is 1. The Morgan fingerprint density at radius 2 is 1.90 bits per heavy atom.